The fourth-order valence-corrected chi connectivity index (χ4v) is 14.9. The van der Waals surface area contributed by atoms with Gasteiger partial charge in [0, 0.05) is 11.3 Å². The Morgan fingerprint density at radius 1 is 0.456 bits per heavy atom. The van der Waals surface area contributed by atoms with E-state index in [0.29, 0.717) is 3.71 Å². The number of fused-ring (bicyclic) bond motifs is 6. The Morgan fingerprint density at radius 3 is 1.00 bits per heavy atom. The van der Waals surface area contributed by atoms with Crippen LogP contribution < -0.4 is 0 Å². The second-order valence-corrected chi connectivity index (χ2v) is 20.0. The fraction of sp³-hybridized carbons (Fsp3) is 0.0909. The van der Waals surface area contributed by atoms with Crippen molar-refractivity contribution in [3.05, 3.63) is 190 Å². The molecule has 14 rings (SSSR count). The van der Waals surface area contributed by atoms with Crippen LogP contribution in [0.5, 0.6) is 0 Å². The van der Waals surface area contributed by atoms with E-state index in [2.05, 4.69) is 24.3 Å². The molecular formula is C44H28N2O7S4-2. The molecule has 0 saturated heterocycles. The standard InChI is InChI=1S/C22H15NO4S2.C22H15NO3S2/c24-28-22-19-11-15-7-3-1-5-13(15)9-17(19)21(23(28)29(25,26)27)18-10-14-6-2-4-8-16(14)12-20(18)22;24-27-22-19-11-15-7-3-1-5-13(15)9-17(19)21(23(27)28(25)26)18-10-14-6-2-4-8-16(14)12-20(18)22/h1-12,21-22H,(H,25,26,27);1-12,21-22H,(H,25,26)/p-2. The van der Waals surface area contributed by atoms with Crippen LogP contribution in [-0.2, 0) is 43.5 Å². The van der Waals surface area contributed by atoms with Crippen molar-refractivity contribution in [1.82, 2.24) is 7.42 Å². The van der Waals surface area contributed by atoms with Gasteiger partial charge in [-0.3, -0.25) is 4.21 Å². The molecule has 3 unspecified atom stereocenters. The maximum absolute atomic E-state index is 13.3. The maximum Gasteiger partial charge on any atom is 0.174 e. The summed E-state index contributed by atoms with van der Waals surface area (Å²) in [5.74, 6) is 0. The smallest absolute Gasteiger partial charge is 0.174 e. The average Bonchev–Trinajstić information content (AvgIpc) is 3.20. The van der Waals surface area contributed by atoms with Crippen LogP contribution in [0.1, 0.15) is 67.1 Å². The summed E-state index contributed by atoms with van der Waals surface area (Å²) in [7, 11) is -8.61. The lowest BCUT2D eigenvalue weighted by Crippen LogP contribution is -2.47. The van der Waals surface area contributed by atoms with Crippen molar-refractivity contribution in [1.29, 1.82) is 0 Å². The summed E-state index contributed by atoms with van der Waals surface area (Å²) in [4.78, 5) is 0. The molecule has 2 aliphatic carbocycles. The van der Waals surface area contributed by atoms with E-state index in [1.807, 2.05) is 121 Å². The number of benzene rings is 8. The Bertz CT molecular complexity index is 3090. The van der Waals surface area contributed by atoms with E-state index in [1.54, 1.807) is 0 Å². The first kappa shape index (κ1) is 35.2. The van der Waals surface area contributed by atoms with Gasteiger partial charge in [-0.15, -0.1) is 7.42 Å². The summed E-state index contributed by atoms with van der Waals surface area (Å²) in [6, 6.07) is 46.2. The summed E-state index contributed by atoms with van der Waals surface area (Å²) < 4.78 is 88.7. The van der Waals surface area contributed by atoms with Crippen molar-refractivity contribution in [2.75, 3.05) is 0 Å². The molecule has 0 amide bonds. The normalized spacial score (nSPS) is 23.8. The van der Waals surface area contributed by atoms with Crippen LogP contribution in [0.4, 0.5) is 0 Å². The molecule has 3 atom stereocenters. The third-order valence-electron chi connectivity index (χ3n) is 11.7. The molecule has 8 aromatic rings. The predicted octanol–water partition coefficient (Wildman–Crippen LogP) is 8.18. The van der Waals surface area contributed by atoms with Crippen LogP contribution in [0, 0.1) is 0 Å². The van der Waals surface area contributed by atoms with Crippen LogP contribution in [0.2, 0.25) is 0 Å². The molecular weight excluding hydrogens is 797 g/mol. The van der Waals surface area contributed by atoms with Gasteiger partial charge in [0.15, 0.2) is 10.3 Å². The zero-order valence-electron chi connectivity index (χ0n) is 29.6. The van der Waals surface area contributed by atoms with E-state index in [0.717, 1.165) is 91.3 Å². The zero-order chi connectivity index (χ0) is 38.9. The molecule has 0 spiro atoms. The van der Waals surface area contributed by atoms with Gasteiger partial charge in [-0.1, -0.05) is 97.1 Å². The Hall–Kier alpha value is -4.96. The largest absolute Gasteiger partial charge is 0.759 e. The van der Waals surface area contributed by atoms with E-state index in [9.17, 15) is 30.1 Å². The molecule has 57 heavy (non-hydrogen) atoms. The van der Waals surface area contributed by atoms with Crippen LogP contribution in [-0.4, -0.2) is 37.6 Å². The first-order chi connectivity index (χ1) is 27.6. The van der Waals surface area contributed by atoms with Crippen molar-refractivity contribution in [2.45, 2.75) is 22.6 Å². The van der Waals surface area contributed by atoms with Gasteiger partial charge in [-0.05, 0) is 136 Å². The van der Waals surface area contributed by atoms with Crippen LogP contribution in [0.25, 0.3) is 43.1 Å². The second kappa shape index (κ2) is 12.8. The minimum Gasteiger partial charge on any atom is -0.759 e. The molecule has 4 aliphatic heterocycles. The number of hydrogen-bond acceptors (Lipinski definition) is 7. The second-order valence-electron chi connectivity index (χ2n) is 14.6. The van der Waals surface area contributed by atoms with Crippen molar-refractivity contribution in [3.8, 4) is 0 Å². The van der Waals surface area contributed by atoms with E-state index in [-0.39, 0.29) is 0 Å². The summed E-state index contributed by atoms with van der Waals surface area (Å²) in [6.07, 6.45) is 0. The Balaban J connectivity index is 0.000000131. The monoisotopic (exact) mass is 824 g/mol. The highest BCUT2D eigenvalue weighted by Gasteiger charge is 2.51. The van der Waals surface area contributed by atoms with Gasteiger partial charge in [0.1, 0.15) is 32.5 Å². The van der Waals surface area contributed by atoms with Gasteiger partial charge in [0.25, 0.3) is 0 Å². The summed E-state index contributed by atoms with van der Waals surface area (Å²) in [5.41, 5.74) is 6.90. The molecule has 9 nitrogen and oxygen atoms in total. The van der Waals surface area contributed by atoms with Crippen LogP contribution in [0.15, 0.2) is 146 Å². The molecule has 0 fully saturated rings. The van der Waals surface area contributed by atoms with E-state index in [4.69, 9.17) is 0 Å². The Labute approximate surface area is 335 Å². The highest BCUT2D eigenvalue weighted by Crippen LogP contribution is 2.56. The third kappa shape index (κ3) is 5.24. The van der Waals surface area contributed by atoms with Crippen molar-refractivity contribution < 1.29 is 30.1 Å². The lowest BCUT2D eigenvalue weighted by molar-refractivity contribution is 0.382. The van der Waals surface area contributed by atoms with Gasteiger partial charge >= 0.3 is 0 Å². The van der Waals surface area contributed by atoms with Gasteiger partial charge in [-0.2, -0.15) is 0 Å². The number of rotatable bonds is 2. The Morgan fingerprint density at radius 2 is 0.719 bits per heavy atom. The minimum absolute atomic E-state index is 0.484. The molecule has 4 heterocycles. The maximum atomic E-state index is 13.3. The lowest BCUT2D eigenvalue weighted by Gasteiger charge is -2.46. The number of hydrogen-bond donors (Lipinski definition) is 0. The predicted molar refractivity (Wildman–Crippen MR) is 222 cm³/mol. The highest BCUT2D eigenvalue weighted by molar-refractivity contribution is 7.98. The minimum atomic E-state index is -4.91. The third-order valence-corrected chi connectivity index (χ3v) is 17.6. The Kier molecular flexibility index (Phi) is 7.89. The van der Waals surface area contributed by atoms with Crippen molar-refractivity contribution >= 4 is 86.6 Å². The van der Waals surface area contributed by atoms with E-state index in [1.165, 1.54) is 0 Å². The molecule has 282 valence electrons. The first-order valence-electron chi connectivity index (χ1n) is 18.1. The van der Waals surface area contributed by atoms with Gasteiger partial charge < -0.3 is 9.11 Å². The van der Waals surface area contributed by atoms with Crippen LogP contribution in [0.3, 0.4) is 0 Å². The molecule has 6 aliphatic rings. The van der Waals surface area contributed by atoms with Crippen molar-refractivity contribution in [2.24, 2.45) is 0 Å². The lowest BCUT2D eigenvalue weighted by atomic mass is 9.80. The molecule has 0 saturated carbocycles. The molecule has 4 bridgehead atoms. The van der Waals surface area contributed by atoms with E-state index < -0.39 is 66.1 Å². The number of nitrogens with zero attached hydrogens (tertiary/aromatic N) is 2. The SMILES string of the molecule is O=S([O-])N1C2c3cc4ccccc4cc3C(c3cc4ccccc4cc32)S1=O.O=S1C2c3cc4ccccc4cc3C(c3cc4ccccc4cc32)N1S(=O)(=O)[O-]. The summed E-state index contributed by atoms with van der Waals surface area (Å²) in [6.45, 7) is 0. The van der Waals surface area contributed by atoms with Gasteiger partial charge in [0.2, 0.25) is 0 Å². The molecule has 13 heteroatoms. The quantitative estimate of drug-likeness (QED) is 0.127. The van der Waals surface area contributed by atoms with Gasteiger partial charge in [0.05, 0.1) is 12.1 Å². The molecule has 8 aromatic carbocycles. The molecule has 0 N–H and O–H groups in total. The first-order valence-corrected chi connectivity index (χ1v) is 22.9. The topological polar surface area (TPSA) is 138 Å². The molecule has 0 aromatic heterocycles. The van der Waals surface area contributed by atoms with E-state index >= 15 is 0 Å². The summed E-state index contributed by atoms with van der Waals surface area (Å²) >= 11 is -2.58. The zero-order valence-corrected chi connectivity index (χ0v) is 32.8. The molecule has 0 radical (unpaired) electrons. The van der Waals surface area contributed by atoms with Crippen molar-refractivity contribution in [3.63, 3.8) is 0 Å². The average molecular weight is 825 g/mol. The van der Waals surface area contributed by atoms with Gasteiger partial charge in [-0.25, -0.2) is 16.8 Å². The summed E-state index contributed by atoms with van der Waals surface area (Å²) in [5, 5.41) is 6.97. The highest BCUT2D eigenvalue weighted by atomic mass is 32.3. The fourth-order valence-electron chi connectivity index (χ4n) is 9.30. The van der Waals surface area contributed by atoms with Crippen LogP contribution >= 0.6 is 0 Å².